The van der Waals surface area contributed by atoms with Crippen LogP contribution in [0.2, 0.25) is 7.35 Å². The van der Waals surface area contributed by atoms with E-state index in [4.69, 9.17) is 0 Å². The molecule has 2 aromatic rings. The molecule has 6 aliphatic rings. The van der Waals surface area contributed by atoms with Crippen molar-refractivity contribution in [2.45, 2.75) is 105 Å². The second kappa shape index (κ2) is 11.6. The summed E-state index contributed by atoms with van der Waals surface area (Å²) in [5.41, 5.74) is 10.8. The average Bonchev–Trinajstić information content (AvgIpc) is 3.26. The van der Waals surface area contributed by atoms with E-state index in [2.05, 4.69) is 60.7 Å². The van der Waals surface area contributed by atoms with Gasteiger partial charge in [-0.15, -0.1) is 24.8 Å². The molecule has 0 amide bonds. The number of allylic oxidation sites excluding steroid dienone is 2. The maximum absolute atomic E-state index is 2.99. The van der Waals surface area contributed by atoms with Crippen LogP contribution in [0.25, 0.3) is 12.2 Å². The summed E-state index contributed by atoms with van der Waals surface area (Å²) in [6, 6.07) is 19.6. The van der Waals surface area contributed by atoms with E-state index in [1.54, 1.807) is 35.1 Å². The van der Waals surface area contributed by atoms with E-state index < -0.39 is 20.0 Å². The third kappa shape index (κ3) is 4.46. The number of rotatable bonds is 4. The molecule has 0 N–H and O–H groups in total. The quantitative estimate of drug-likeness (QED) is 0.275. The number of benzene rings is 2. The Balaban J connectivity index is 0.00000138. The summed E-state index contributed by atoms with van der Waals surface area (Å²) in [7, 11) is 0. The van der Waals surface area contributed by atoms with Crippen LogP contribution < -0.4 is 0 Å². The van der Waals surface area contributed by atoms with Gasteiger partial charge in [-0.05, 0) is 0 Å². The Kier molecular flexibility index (Phi) is 8.45. The van der Waals surface area contributed by atoms with Crippen molar-refractivity contribution in [3.63, 3.8) is 0 Å². The monoisotopic (exact) mass is 728 g/mol. The van der Waals surface area contributed by atoms with Crippen molar-refractivity contribution in [2.75, 3.05) is 0 Å². The standard InChI is InChI=1S/2C15H17.C6H10.2ClH.Hf/c2*1-2-6-12(7-3-1)15-10-13-8-4-5-9-14(13)11-15;1-2-4-6-5-3-1;;;/h2*4-5,8-12H,1-3,6-7H2;1-2H,3-6H2;2*1H;. The van der Waals surface area contributed by atoms with Crippen LogP contribution in [-0.4, -0.2) is 0 Å². The van der Waals surface area contributed by atoms with Crippen molar-refractivity contribution in [3.05, 3.63) is 81.9 Å². The fourth-order valence-corrected chi connectivity index (χ4v) is 46.3. The molecule has 1 aliphatic heterocycles. The van der Waals surface area contributed by atoms with Crippen molar-refractivity contribution < 1.29 is 20.0 Å². The van der Waals surface area contributed by atoms with Gasteiger partial charge in [0.1, 0.15) is 0 Å². The molecule has 3 heteroatoms. The summed E-state index contributed by atoms with van der Waals surface area (Å²) in [6.07, 6.45) is 26.3. The molecular formula is C36H46Cl2Hf. The number of hydrogen-bond acceptors (Lipinski definition) is 0. The number of halogens is 2. The maximum atomic E-state index is 2.77. The van der Waals surface area contributed by atoms with E-state index in [1.807, 2.05) is 11.1 Å². The molecule has 4 fully saturated rings. The fourth-order valence-electron chi connectivity index (χ4n) is 10.6. The Bertz CT molecular complexity index is 1150. The zero-order valence-corrected chi connectivity index (χ0v) is 28.7. The van der Waals surface area contributed by atoms with Gasteiger partial charge in [-0.25, -0.2) is 0 Å². The van der Waals surface area contributed by atoms with Crippen LogP contribution in [-0.2, 0) is 20.0 Å². The molecule has 208 valence electrons. The van der Waals surface area contributed by atoms with Crippen LogP contribution >= 0.6 is 24.8 Å². The van der Waals surface area contributed by atoms with Crippen LogP contribution in [0.1, 0.15) is 119 Å². The van der Waals surface area contributed by atoms with Gasteiger partial charge in [0.15, 0.2) is 0 Å². The third-order valence-electron chi connectivity index (χ3n) is 12.0. The first-order valence-corrected chi connectivity index (χ1v) is 24.3. The molecule has 1 saturated heterocycles. The largest absolute Gasteiger partial charge is 0.147 e. The van der Waals surface area contributed by atoms with Crippen LogP contribution in [0.4, 0.5) is 0 Å². The van der Waals surface area contributed by atoms with Gasteiger partial charge in [-0.3, -0.25) is 0 Å². The molecule has 0 bridgehead atoms. The summed E-state index contributed by atoms with van der Waals surface area (Å²) < 4.78 is 3.99. The molecule has 0 spiro atoms. The Morgan fingerprint density at radius 3 is 1.28 bits per heavy atom. The summed E-state index contributed by atoms with van der Waals surface area (Å²) >= 11 is -2.99. The van der Waals surface area contributed by atoms with Crippen LogP contribution in [0.3, 0.4) is 0 Å². The van der Waals surface area contributed by atoms with Gasteiger partial charge in [0.25, 0.3) is 0 Å². The Morgan fingerprint density at radius 2 is 0.846 bits per heavy atom. The first-order chi connectivity index (χ1) is 18.4. The Morgan fingerprint density at radius 1 is 0.462 bits per heavy atom. The van der Waals surface area contributed by atoms with E-state index in [1.165, 1.54) is 77.0 Å². The minimum absolute atomic E-state index is 0. The molecule has 4 atom stereocenters. The van der Waals surface area contributed by atoms with E-state index >= 15 is 0 Å². The summed E-state index contributed by atoms with van der Waals surface area (Å²) in [6.45, 7) is 0. The predicted molar refractivity (Wildman–Crippen MR) is 168 cm³/mol. The maximum Gasteiger partial charge on any atom is -0.147 e. The molecule has 3 saturated carbocycles. The van der Waals surface area contributed by atoms with E-state index in [9.17, 15) is 0 Å². The predicted octanol–water partition coefficient (Wildman–Crippen LogP) is 11.6. The molecular weight excluding hydrogens is 682 g/mol. The molecule has 5 aliphatic carbocycles. The van der Waals surface area contributed by atoms with Gasteiger partial charge in [-0.1, -0.05) is 0 Å². The van der Waals surface area contributed by atoms with Crippen molar-refractivity contribution in [2.24, 2.45) is 11.8 Å². The number of fused-ring (bicyclic) bond motifs is 3. The second-order valence-corrected chi connectivity index (χ2v) is 30.2. The Labute approximate surface area is 253 Å². The van der Waals surface area contributed by atoms with E-state index in [-0.39, 0.29) is 24.8 Å². The minimum atomic E-state index is -2.99. The molecule has 8 rings (SSSR count). The van der Waals surface area contributed by atoms with Crippen LogP contribution in [0.5, 0.6) is 0 Å². The fraction of sp³-hybridized carbons (Fsp3) is 0.556. The third-order valence-corrected chi connectivity index (χ3v) is 36.6. The van der Waals surface area contributed by atoms with Gasteiger partial charge in [0, 0.05) is 0 Å². The van der Waals surface area contributed by atoms with Crippen molar-refractivity contribution in [1.29, 1.82) is 0 Å². The molecule has 2 aromatic carbocycles. The van der Waals surface area contributed by atoms with Crippen LogP contribution in [0, 0.1) is 11.8 Å². The summed E-state index contributed by atoms with van der Waals surface area (Å²) in [4.78, 5) is 0. The molecule has 0 nitrogen and oxygen atoms in total. The molecule has 39 heavy (non-hydrogen) atoms. The van der Waals surface area contributed by atoms with Crippen molar-refractivity contribution >= 4 is 37.0 Å². The van der Waals surface area contributed by atoms with Gasteiger partial charge in [-0.2, -0.15) is 0 Å². The van der Waals surface area contributed by atoms with E-state index in [0.717, 1.165) is 26.5 Å². The summed E-state index contributed by atoms with van der Waals surface area (Å²) in [5, 5.41) is 0. The zero-order chi connectivity index (χ0) is 24.4. The SMILES string of the molecule is C1=C(C2CCCCC2)[CH]([Hf]2([CH]3C(C4CCCCC4)=Cc4ccccc43)[CH]3CCCC[CH]32)c2ccccc21.Cl.Cl. The van der Waals surface area contributed by atoms with Crippen LogP contribution in [0.15, 0.2) is 59.7 Å². The zero-order valence-electron chi connectivity index (χ0n) is 23.5. The Hall–Kier alpha value is -0.630. The minimum Gasteiger partial charge on any atom is -0.147 e. The topological polar surface area (TPSA) is 0 Å². The van der Waals surface area contributed by atoms with Gasteiger partial charge in [0.05, 0.1) is 0 Å². The smallest absolute Gasteiger partial charge is 0.147 e. The van der Waals surface area contributed by atoms with Gasteiger partial charge >= 0.3 is 230 Å². The molecule has 4 unspecified atom stereocenters. The van der Waals surface area contributed by atoms with Crippen molar-refractivity contribution in [3.8, 4) is 0 Å². The molecule has 0 radical (unpaired) electrons. The van der Waals surface area contributed by atoms with E-state index in [0.29, 0.717) is 0 Å². The van der Waals surface area contributed by atoms with Crippen molar-refractivity contribution in [1.82, 2.24) is 0 Å². The molecule has 1 heterocycles. The molecule has 0 aromatic heterocycles. The second-order valence-electron chi connectivity index (χ2n) is 13.6. The first-order valence-electron chi connectivity index (χ1n) is 16.0. The first kappa shape index (κ1) is 28.5. The number of hydrogen-bond donors (Lipinski definition) is 0. The van der Waals surface area contributed by atoms with Gasteiger partial charge in [0.2, 0.25) is 0 Å². The van der Waals surface area contributed by atoms with Gasteiger partial charge < -0.3 is 0 Å². The average molecular weight is 728 g/mol. The summed E-state index contributed by atoms with van der Waals surface area (Å²) in [5.74, 6) is 1.73. The normalized spacial score (nSPS) is 33.5.